The highest BCUT2D eigenvalue weighted by Crippen LogP contribution is 2.13. The number of aliphatic hydroxyl groups is 2. The van der Waals surface area contributed by atoms with Gasteiger partial charge in [-0.15, -0.1) is 0 Å². The summed E-state index contributed by atoms with van der Waals surface area (Å²) >= 11 is 0. The first-order chi connectivity index (χ1) is 18.3. The highest BCUT2D eigenvalue weighted by atomic mass is 16.4. The normalized spacial score (nSPS) is 15.6. The molecule has 0 saturated carbocycles. The Hall–Kier alpha value is -4.20. The van der Waals surface area contributed by atoms with Gasteiger partial charge in [-0.1, -0.05) is 24.3 Å². The zero-order valence-corrected chi connectivity index (χ0v) is 21.4. The molecule has 39 heavy (non-hydrogen) atoms. The predicted octanol–water partition coefficient (Wildman–Crippen LogP) is -1.49. The molecule has 13 nitrogen and oxygen atoms in total. The molecule has 2 aromatic carbocycles. The number of amides is 3. The number of aromatic hydroxyl groups is 2. The van der Waals surface area contributed by atoms with E-state index in [1.54, 1.807) is 12.1 Å². The molecule has 6 unspecified atom stereocenters. The lowest BCUT2D eigenvalue weighted by molar-refractivity contribution is -0.143. The molecule has 0 heterocycles. The molecule has 6 atom stereocenters. The Balaban J connectivity index is 2.07. The summed E-state index contributed by atoms with van der Waals surface area (Å²) in [5.41, 5.74) is 7.06. The van der Waals surface area contributed by atoms with Crippen LogP contribution in [0.2, 0.25) is 0 Å². The molecule has 212 valence electrons. The van der Waals surface area contributed by atoms with Crippen molar-refractivity contribution in [2.45, 2.75) is 63.1 Å². The lowest BCUT2D eigenvalue weighted by Gasteiger charge is -2.27. The number of aliphatic carboxylic acids is 1. The summed E-state index contributed by atoms with van der Waals surface area (Å²) in [6, 6.07) is 5.94. The van der Waals surface area contributed by atoms with E-state index in [9.17, 15) is 44.7 Å². The molecule has 2 aromatic rings. The molecule has 3 amide bonds. The number of phenols is 2. The van der Waals surface area contributed by atoms with Crippen molar-refractivity contribution >= 4 is 23.7 Å². The molecular weight excluding hydrogens is 512 g/mol. The Labute approximate surface area is 224 Å². The van der Waals surface area contributed by atoms with Crippen molar-refractivity contribution in [3.63, 3.8) is 0 Å². The predicted molar refractivity (Wildman–Crippen MR) is 138 cm³/mol. The van der Waals surface area contributed by atoms with Gasteiger partial charge in [-0.2, -0.15) is 0 Å². The van der Waals surface area contributed by atoms with Crippen LogP contribution in [0.4, 0.5) is 0 Å². The Morgan fingerprint density at radius 2 is 1.08 bits per heavy atom. The quantitative estimate of drug-likeness (QED) is 0.141. The van der Waals surface area contributed by atoms with Crippen LogP contribution < -0.4 is 21.7 Å². The number of hydrogen-bond acceptors (Lipinski definition) is 9. The molecule has 0 saturated heterocycles. The van der Waals surface area contributed by atoms with Crippen molar-refractivity contribution in [3.8, 4) is 11.5 Å². The van der Waals surface area contributed by atoms with E-state index in [1.165, 1.54) is 50.2 Å². The number of carboxylic acids is 1. The summed E-state index contributed by atoms with van der Waals surface area (Å²) in [7, 11) is 0. The minimum Gasteiger partial charge on any atom is -0.508 e. The van der Waals surface area contributed by atoms with Gasteiger partial charge >= 0.3 is 5.97 Å². The van der Waals surface area contributed by atoms with Crippen LogP contribution in [0.25, 0.3) is 0 Å². The van der Waals surface area contributed by atoms with Gasteiger partial charge in [0, 0.05) is 6.42 Å². The number of nitrogens with two attached hydrogens (primary N) is 1. The SMILES string of the molecule is CC(O)C(NC(=O)C(N)Cc1ccc(O)cc1)C(=O)NC(C(=O)NC(Cc1ccc(O)cc1)C(=O)O)C(C)O. The fourth-order valence-corrected chi connectivity index (χ4v) is 3.62. The third kappa shape index (κ3) is 9.56. The minimum atomic E-state index is -1.62. The molecular formula is C26H34N4O9. The van der Waals surface area contributed by atoms with Crippen LogP contribution in [0.15, 0.2) is 48.5 Å². The topological polar surface area (TPSA) is 232 Å². The number of nitrogens with one attached hydrogen (secondary N) is 3. The molecule has 0 aliphatic carbocycles. The van der Waals surface area contributed by atoms with Crippen molar-refractivity contribution in [2.24, 2.45) is 5.73 Å². The van der Waals surface area contributed by atoms with Gasteiger partial charge in [-0.25, -0.2) is 4.79 Å². The van der Waals surface area contributed by atoms with Gasteiger partial charge in [-0.05, 0) is 55.7 Å². The third-order valence-corrected chi connectivity index (χ3v) is 5.84. The maximum absolute atomic E-state index is 12.9. The van der Waals surface area contributed by atoms with E-state index in [-0.39, 0.29) is 24.3 Å². The Bertz CT molecular complexity index is 1140. The fourth-order valence-electron chi connectivity index (χ4n) is 3.62. The average molecular weight is 547 g/mol. The van der Waals surface area contributed by atoms with Crippen LogP contribution in [0.5, 0.6) is 11.5 Å². The van der Waals surface area contributed by atoms with E-state index in [1.807, 2.05) is 0 Å². The maximum Gasteiger partial charge on any atom is 0.326 e. The Morgan fingerprint density at radius 3 is 1.49 bits per heavy atom. The molecule has 0 bridgehead atoms. The second kappa shape index (κ2) is 14.1. The van der Waals surface area contributed by atoms with Crippen molar-refractivity contribution < 1.29 is 44.7 Å². The smallest absolute Gasteiger partial charge is 0.326 e. The van der Waals surface area contributed by atoms with Crippen LogP contribution in [-0.4, -0.2) is 85.6 Å². The first-order valence-corrected chi connectivity index (χ1v) is 12.1. The molecule has 10 N–H and O–H groups in total. The van der Waals surface area contributed by atoms with Gasteiger partial charge in [0.25, 0.3) is 0 Å². The Kier molecular flexibility index (Phi) is 11.2. The highest BCUT2D eigenvalue weighted by molar-refractivity contribution is 5.94. The number of carboxylic acid groups (broad SMARTS) is 1. The molecule has 0 fully saturated rings. The number of hydrogen-bond donors (Lipinski definition) is 9. The largest absolute Gasteiger partial charge is 0.508 e. The third-order valence-electron chi connectivity index (χ3n) is 5.84. The second-order valence-electron chi connectivity index (χ2n) is 9.20. The summed E-state index contributed by atoms with van der Waals surface area (Å²) in [5.74, 6) is -4.15. The fraction of sp³-hybridized carbons (Fsp3) is 0.385. The van der Waals surface area contributed by atoms with Crippen LogP contribution in [0, 0.1) is 0 Å². The standard InChI is InChI=1S/C26H34N4O9/c1-13(31)21(24(36)28-20(26(38)39)12-16-5-9-18(34)10-6-16)30-25(37)22(14(2)32)29-23(35)19(27)11-15-3-7-17(33)8-4-15/h3-10,13-14,19-22,31-34H,11-12,27H2,1-2H3,(H,28,36)(H,29,35)(H,30,37)(H,38,39). The summed E-state index contributed by atoms with van der Waals surface area (Å²) < 4.78 is 0. The van der Waals surface area contributed by atoms with Crippen LogP contribution >= 0.6 is 0 Å². The molecule has 0 radical (unpaired) electrons. The van der Waals surface area contributed by atoms with Gasteiger partial charge in [0.2, 0.25) is 17.7 Å². The molecule has 0 aliphatic heterocycles. The van der Waals surface area contributed by atoms with Crippen molar-refractivity contribution in [2.75, 3.05) is 0 Å². The van der Waals surface area contributed by atoms with Crippen LogP contribution in [0.3, 0.4) is 0 Å². The minimum absolute atomic E-state index is 0.0207. The monoisotopic (exact) mass is 546 g/mol. The summed E-state index contributed by atoms with van der Waals surface area (Å²) in [6.45, 7) is 2.43. The van der Waals surface area contributed by atoms with Crippen molar-refractivity contribution in [1.29, 1.82) is 0 Å². The van der Waals surface area contributed by atoms with E-state index in [0.717, 1.165) is 0 Å². The first-order valence-electron chi connectivity index (χ1n) is 12.1. The molecule has 2 rings (SSSR count). The van der Waals surface area contributed by atoms with E-state index in [4.69, 9.17) is 5.73 Å². The van der Waals surface area contributed by atoms with Crippen LogP contribution in [-0.2, 0) is 32.0 Å². The zero-order valence-electron chi connectivity index (χ0n) is 21.4. The Morgan fingerprint density at radius 1 is 0.692 bits per heavy atom. The molecule has 0 aliphatic rings. The average Bonchev–Trinajstić information content (AvgIpc) is 2.87. The van der Waals surface area contributed by atoms with Crippen molar-refractivity contribution in [1.82, 2.24) is 16.0 Å². The number of carbonyl (C=O) groups is 4. The van der Waals surface area contributed by atoms with E-state index < -0.39 is 60.1 Å². The van der Waals surface area contributed by atoms with E-state index in [0.29, 0.717) is 11.1 Å². The first kappa shape index (κ1) is 31.0. The van der Waals surface area contributed by atoms with Gasteiger partial charge in [-0.3, -0.25) is 14.4 Å². The van der Waals surface area contributed by atoms with E-state index >= 15 is 0 Å². The second-order valence-corrected chi connectivity index (χ2v) is 9.20. The van der Waals surface area contributed by atoms with Gasteiger partial charge in [0.05, 0.1) is 18.2 Å². The summed E-state index contributed by atoms with van der Waals surface area (Å²) in [6.07, 6.45) is -2.98. The van der Waals surface area contributed by atoms with Gasteiger partial charge < -0.3 is 47.2 Å². The van der Waals surface area contributed by atoms with E-state index in [2.05, 4.69) is 16.0 Å². The van der Waals surface area contributed by atoms with Crippen LogP contribution in [0.1, 0.15) is 25.0 Å². The zero-order chi connectivity index (χ0) is 29.3. The highest BCUT2D eigenvalue weighted by Gasteiger charge is 2.34. The summed E-state index contributed by atoms with van der Waals surface area (Å²) in [5, 5.41) is 55.4. The molecule has 0 aromatic heterocycles. The number of aliphatic hydroxyl groups excluding tert-OH is 2. The molecule has 0 spiro atoms. The summed E-state index contributed by atoms with van der Waals surface area (Å²) in [4.78, 5) is 50.1. The lowest BCUT2D eigenvalue weighted by atomic mass is 10.0. The number of phenolic OH excluding ortho intramolecular Hbond substituents is 2. The molecule has 13 heteroatoms. The van der Waals surface area contributed by atoms with Gasteiger partial charge in [0.1, 0.15) is 29.6 Å². The number of carbonyl (C=O) groups excluding carboxylic acids is 3. The number of benzene rings is 2. The maximum atomic E-state index is 12.9. The number of rotatable bonds is 13. The van der Waals surface area contributed by atoms with Gasteiger partial charge in [0.15, 0.2) is 0 Å². The lowest BCUT2D eigenvalue weighted by Crippen LogP contribution is -2.62. The van der Waals surface area contributed by atoms with Crippen molar-refractivity contribution in [3.05, 3.63) is 59.7 Å².